The van der Waals surface area contributed by atoms with Crippen LogP contribution in [-0.4, -0.2) is 34.5 Å². The number of nitrogens with one attached hydrogen (secondary N) is 1. The lowest BCUT2D eigenvalue weighted by Gasteiger charge is -2.33. The summed E-state index contributed by atoms with van der Waals surface area (Å²) >= 11 is 0. The maximum absolute atomic E-state index is 12.9. The van der Waals surface area contributed by atoms with Gasteiger partial charge in [0.05, 0.1) is 0 Å². The monoisotopic (exact) mass is 344 g/mol. The maximum atomic E-state index is 12.9. The molecular weight excluding hydrogens is 325 g/mol. The number of carbonyl (C=O) groups is 1. The van der Waals surface area contributed by atoms with Gasteiger partial charge in [0.25, 0.3) is 11.6 Å². The average molecular weight is 344 g/mol. The van der Waals surface area contributed by atoms with E-state index in [0.29, 0.717) is 11.8 Å². The second kappa shape index (κ2) is 6.01. The van der Waals surface area contributed by atoms with Crippen LogP contribution in [0.4, 0.5) is 13.2 Å². The highest BCUT2D eigenvalue weighted by Gasteiger charge is 2.60. The Morgan fingerprint density at radius 3 is 2.33 bits per heavy atom. The lowest BCUT2D eigenvalue weighted by Crippen LogP contribution is -2.61. The van der Waals surface area contributed by atoms with Crippen LogP contribution in [0.15, 0.2) is 36.5 Å². The summed E-state index contributed by atoms with van der Waals surface area (Å²) in [6, 6.07) is 6.92. The van der Waals surface area contributed by atoms with Gasteiger partial charge in [0.2, 0.25) is 0 Å². The van der Waals surface area contributed by atoms with E-state index >= 15 is 0 Å². The van der Waals surface area contributed by atoms with Crippen LogP contribution in [0.5, 0.6) is 5.75 Å². The highest BCUT2D eigenvalue weighted by Crippen LogP contribution is 2.36. The molecule has 1 aliphatic rings. The summed E-state index contributed by atoms with van der Waals surface area (Å²) in [5, 5.41) is 9.75. The zero-order valence-corrected chi connectivity index (χ0v) is 13.5. The standard InChI is InChI=1S/C16H19F3N2O3/c1-14(2,3)11-4-6-12(7-5-11)24-10-13(22)21-15(23,8-9-20-21)16(17,18)19/h4-9,20,23H,10H2,1-3H3/t15-/m1/s1. The molecule has 0 saturated carbocycles. The number of hydrogen-bond donors (Lipinski definition) is 2. The van der Waals surface area contributed by atoms with Crippen LogP contribution in [-0.2, 0) is 10.2 Å². The molecule has 8 heteroatoms. The van der Waals surface area contributed by atoms with Crippen LogP contribution >= 0.6 is 0 Å². The first kappa shape index (κ1) is 18.1. The number of ether oxygens (including phenoxy) is 1. The van der Waals surface area contributed by atoms with Crippen molar-refractivity contribution in [3.05, 3.63) is 42.1 Å². The Kier molecular flexibility index (Phi) is 4.54. The number of alkyl halides is 3. The minimum atomic E-state index is -5.03. The van der Waals surface area contributed by atoms with E-state index in [1.54, 1.807) is 12.1 Å². The fraction of sp³-hybridized carbons (Fsp3) is 0.438. The minimum absolute atomic E-state index is 0.0529. The van der Waals surface area contributed by atoms with Crippen LogP contribution < -0.4 is 10.2 Å². The Labute approximate surface area is 137 Å². The van der Waals surface area contributed by atoms with Gasteiger partial charge in [-0.3, -0.25) is 4.79 Å². The van der Waals surface area contributed by atoms with Gasteiger partial charge in [-0.15, -0.1) is 0 Å². The van der Waals surface area contributed by atoms with E-state index in [2.05, 4.69) is 5.43 Å². The molecule has 0 spiro atoms. The SMILES string of the molecule is CC(C)(C)c1ccc(OCC(=O)N2NC=C[C@@]2(O)C(F)(F)F)cc1. The molecule has 24 heavy (non-hydrogen) atoms. The molecule has 2 N–H and O–H groups in total. The fourth-order valence-electron chi connectivity index (χ4n) is 2.15. The Balaban J connectivity index is 2.01. The molecule has 1 amide bonds. The molecule has 1 heterocycles. The van der Waals surface area contributed by atoms with Crippen molar-refractivity contribution in [2.45, 2.75) is 38.1 Å². The molecule has 5 nitrogen and oxygen atoms in total. The first-order valence-corrected chi connectivity index (χ1v) is 7.24. The molecule has 0 aliphatic carbocycles. The van der Waals surface area contributed by atoms with Gasteiger partial charge in [-0.25, -0.2) is 5.01 Å². The first-order valence-electron chi connectivity index (χ1n) is 7.24. The van der Waals surface area contributed by atoms with Crippen molar-refractivity contribution in [3.8, 4) is 5.75 Å². The van der Waals surface area contributed by atoms with Crippen LogP contribution in [0.3, 0.4) is 0 Å². The third-order valence-electron chi connectivity index (χ3n) is 3.61. The van der Waals surface area contributed by atoms with E-state index in [9.17, 15) is 23.1 Å². The van der Waals surface area contributed by atoms with Gasteiger partial charge in [-0.1, -0.05) is 32.9 Å². The van der Waals surface area contributed by atoms with Gasteiger partial charge in [0.15, 0.2) is 6.61 Å². The largest absolute Gasteiger partial charge is 0.484 e. The third-order valence-corrected chi connectivity index (χ3v) is 3.61. The Bertz CT molecular complexity index is 635. The number of aliphatic hydroxyl groups is 1. The molecule has 132 valence electrons. The molecule has 0 radical (unpaired) electrons. The summed E-state index contributed by atoms with van der Waals surface area (Å²) in [6.45, 7) is 5.46. The van der Waals surface area contributed by atoms with E-state index < -0.39 is 24.4 Å². The molecule has 0 saturated heterocycles. The van der Waals surface area contributed by atoms with E-state index in [0.717, 1.165) is 11.8 Å². The van der Waals surface area contributed by atoms with Crippen LogP contribution in [0.25, 0.3) is 0 Å². The van der Waals surface area contributed by atoms with Crippen molar-refractivity contribution in [1.82, 2.24) is 10.4 Å². The Morgan fingerprint density at radius 1 is 1.25 bits per heavy atom. The van der Waals surface area contributed by atoms with Crippen molar-refractivity contribution in [1.29, 1.82) is 0 Å². The number of halogens is 3. The molecule has 2 rings (SSSR count). The summed E-state index contributed by atoms with van der Waals surface area (Å²) in [5.41, 5.74) is -0.313. The molecule has 0 fully saturated rings. The molecule has 1 aromatic carbocycles. The third kappa shape index (κ3) is 3.48. The van der Waals surface area contributed by atoms with Crippen LogP contribution in [0.1, 0.15) is 26.3 Å². The minimum Gasteiger partial charge on any atom is -0.484 e. The van der Waals surface area contributed by atoms with Crippen molar-refractivity contribution in [2.24, 2.45) is 0 Å². The second-order valence-electron chi connectivity index (χ2n) is 6.48. The molecule has 1 aliphatic heterocycles. The quantitative estimate of drug-likeness (QED) is 0.884. The Morgan fingerprint density at radius 2 is 1.83 bits per heavy atom. The lowest BCUT2D eigenvalue weighted by atomic mass is 9.87. The molecule has 1 atom stereocenters. The molecular formula is C16H19F3N2O3. The smallest absolute Gasteiger partial charge is 0.442 e. The zero-order chi connectivity index (χ0) is 18.2. The number of hydrazine groups is 1. The lowest BCUT2D eigenvalue weighted by molar-refractivity contribution is -0.289. The zero-order valence-electron chi connectivity index (χ0n) is 13.5. The number of amides is 1. The van der Waals surface area contributed by atoms with E-state index in [-0.39, 0.29) is 10.4 Å². The maximum Gasteiger partial charge on any atom is 0.442 e. The van der Waals surface area contributed by atoms with E-state index in [1.165, 1.54) is 0 Å². The van der Waals surface area contributed by atoms with Crippen LogP contribution in [0.2, 0.25) is 0 Å². The predicted molar refractivity (Wildman–Crippen MR) is 80.8 cm³/mol. The van der Waals surface area contributed by atoms with Crippen molar-refractivity contribution >= 4 is 5.91 Å². The summed E-state index contributed by atoms with van der Waals surface area (Å²) in [6.07, 6.45) is -3.72. The van der Waals surface area contributed by atoms with E-state index in [1.807, 2.05) is 32.9 Å². The number of hydrogen-bond acceptors (Lipinski definition) is 4. The van der Waals surface area contributed by atoms with Crippen molar-refractivity contribution in [3.63, 3.8) is 0 Å². The number of carbonyl (C=O) groups excluding carboxylic acids is 1. The van der Waals surface area contributed by atoms with E-state index in [4.69, 9.17) is 4.74 Å². The van der Waals surface area contributed by atoms with Crippen LogP contribution in [0, 0.1) is 0 Å². The van der Waals surface area contributed by atoms with Gasteiger partial charge in [-0.2, -0.15) is 13.2 Å². The van der Waals surface area contributed by atoms with Gasteiger partial charge in [0, 0.05) is 6.20 Å². The molecule has 0 aromatic heterocycles. The van der Waals surface area contributed by atoms with Gasteiger partial charge in [-0.05, 0) is 29.2 Å². The highest BCUT2D eigenvalue weighted by atomic mass is 19.4. The van der Waals surface area contributed by atoms with Gasteiger partial charge >= 0.3 is 6.18 Å². The fourth-order valence-corrected chi connectivity index (χ4v) is 2.15. The second-order valence-corrected chi connectivity index (χ2v) is 6.48. The summed E-state index contributed by atoms with van der Waals surface area (Å²) in [7, 11) is 0. The summed E-state index contributed by atoms with van der Waals surface area (Å²) < 4.78 is 43.9. The van der Waals surface area contributed by atoms with Gasteiger partial charge < -0.3 is 15.3 Å². The molecule has 1 aromatic rings. The molecule has 0 bridgehead atoms. The molecule has 0 unspecified atom stereocenters. The Hall–Kier alpha value is -2.22. The number of benzene rings is 1. The normalized spacial score (nSPS) is 20.9. The summed E-state index contributed by atoms with van der Waals surface area (Å²) in [4.78, 5) is 11.9. The first-order chi connectivity index (χ1) is 10.9. The van der Waals surface area contributed by atoms with Gasteiger partial charge in [0.1, 0.15) is 5.75 Å². The average Bonchev–Trinajstić information content (AvgIpc) is 2.87. The van der Waals surface area contributed by atoms with Crippen molar-refractivity contribution in [2.75, 3.05) is 6.61 Å². The summed E-state index contributed by atoms with van der Waals surface area (Å²) in [5.74, 6) is -0.709. The number of nitrogens with zero attached hydrogens (tertiary/aromatic N) is 1. The number of rotatable bonds is 3. The predicted octanol–water partition coefficient (Wildman–Crippen LogP) is 2.47. The topological polar surface area (TPSA) is 61.8 Å². The van der Waals surface area contributed by atoms with Crippen molar-refractivity contribution < 1.29 is 27.8 Å². The highest BCUT2D eigenvalue weighted by molar-refractivity contribution is 5.79.